The summed E-state index contributed by atoms with van der Waals surface area (Å²) >= 11 is 8.66. The molecule has 0 spiro atoms. The molecule has 0 aromatic rings. The lowest BCUT2D eigenvalue weighted by Gasteiger charge is -2.36. The van der Waals surface area contributed by atoms with Crippen LogP contribution < -0.4 is 0 Å². The van der Waals surface area contributed by atoms with Gasteiger partial charge in [0.05, 0.1) is 11.1 Å². The SMILES string of the molecule is CC1(C)C(CS)=C(CS)C(C)(C)N1O. The fourth-order valence-electron chi connectivity index (χ4n) is 2.27. The normalized spacial score (nSPS) is 25.9. The zero-order valence-corrected chi connectivity index (χ0v) is 11.0. The van der Waals surface area contributed by atoms with Crippen LogP contribution in [0.4, 0.5) is 0 Å². The molecule has 82 valence electrons. The predicted octanol–water partition coefficient (Wildman–Crippen LogP) is 2.40. The molecule has 0 aromatic carbocycles. The molecular weight excluding hydrogens is 214 g/mol. The molecule has 2 nitrogen and oxygen atoms in total. The smallest absolute Gasteiger partial charge is 0.0634 e. The van der Waals surface area contributed by atoms with Gasteiger partial charge in [0, 0.05) is 11.5 Å². The summed E-state index contributed by atoms with van der Waals surface area (Å²) in [7, 11) is 0. The Hall–Kier alpha value is 0.360. The third-order valence-electron chi connectivity index (χ3n) is 3.22. The van der Waals surface area contributed by atoms with Crippen molar-refractivity contribution >= 4 is 25.3 Å². The van der Waals surface area contributed by atoms with E-state index in [-0.39, 0.29) is 11.1 Å². The second-order valence-corrected chi connectivity index (χ2v) is 5.34. The van der Waals surface area contributed by atoms with Crippen molar-refractivity contribution in [2.24, 2.45) is 0 Å². The van der Waals surface area contributed by atoms with Crippen LogP contribution >= 0.6 is 25.3 Å². The van der Waals surface area contributed by atoms with E-state index >= 15 is 0 Å². The minimum atomic E-state index is -0.330. The Morgan fingerprint density at radius 1 is 1.00 bits per heavy atom. The van der Waals surface area contributed by atoms with Crippen LogP contribution in [0.15, 0.2) is 11.1 Å². The Morgan fingerprint density at radius 2 is 1.29 bits per heavy atom. The van der Waals surface area contributed by atoms with Crippen molar-refractivity contribution in [2.45, 2.75) is 38.8 Å². The van der Waals surface area contributed by atoms with E-state index in [9.17, 15) is 5.21 Å². The third-order valence-corrected chi connectivity index (χ3v) is 3.85. The molecule has 14 heavy (non-hydrogen) atoms. The van der Waals surface area contributed by atoms with Crippen LogP contribution in [0.1, 0.15) is 27.7 Å². The van der Waals surface area contributed by atoms with Crippen molar-refractivity contribution in [3.05, 3.63) is 11.1 Å². The molecule has 1 rings (SSSR count). The molecule has 0 fully saturated rings. The molecule has 1 heterocycles. The summed E-state index contributed by atoms with van der Waals surface area (Å²) in [6.45, 7) is 8.04. The fraction of sp³-hybridized carbons (Fsp3) is 0.800. The molecule has 0 atom stereocenters. The van der Waals surface area contributed by atoms with E-state index in [4.69, 9.17) is 0 Å². The van der Waals surface area contributed by atoms with Gasteiger partial charge < -0.3 is 5.21 Å². The number of hydroxylamine groups is 2. The van der Waals surface area contributed by atoms with Crippen LogP contribution in [0, 0.1) is 0 Å². The van der Waals surface area contributed by atoms with E-state index in [1.807, 2.05) is 27.7 Å². The lowest BCUT2D eigenvalue weighted by Crippen LogP contribution is -2.48. The zero-order chi connectivity index (χ0) is 11.1. The lowest BCUT2D eigenvalue weighted by molar-refractivity contribution is -0.186. The summed E-state index contributed by atoms with van der Waals surface area (Å²) in [5.41, 5.74) is 1.71. The van der Waals surface area contributed by atoms with Crippen molar-refractivity contribution in [3.8, 4) is 0 Å². The van der Waals surface area contributed by atoms with Gasteiger partial charge in [0.15, 0.2) is 0 Å². The van der Waals surface area contributed by atoms with Gasteiger partial charge in [-0.3, -0.25) is 0 Å². The minimum Gasteiger partial charge on any atom is -0.312 e. The van der Waals surface area contributed by atoms with Gasteiger partial charge in [-0.1, -0.05) is 0 Å². The summed E-state index contributed by atoms with van der Waals surface area (Å²) in [6, 6.07) is 0. The molecule has 0 bridgehead atoms. The summed E-state index contributed by atoms with van der Waals surface area (Å²) in [4.78, 5) is 0. The van der Waals surface area contributed by atoms with Gasteiger partial charge >= 0.3 is 0 Å². The molecule has 0 amide bonds. The molecular formula is C10H19NOS2. The van der Waals surface area contributed by atoms with Gasteiger partial charge in [0.25, 0.3) is 0 Å². The van der Waals surface area contributed by atoms with Gasteiger partial charge in [-0.15, -0.1) is 0 Å². The van der Waals surface area contributed by atoms with Gasteiger partial charge in [-0.2, -0.15) is 30.3 Å². The van der Waals surface area contributed by atoms with Crippen molar-refractivity contribution in [1.82, 2.24) is 5.06 Å². The van der Waals surface area contributed by atoms with Gasteiger partial charge in [-0.25, -0.2) is 0 Å². The molecule has 1 aliphatic heterocycles. The Morgan fingerprint density at radius 3 is 1.50 bits per heavy atom. The monoisotopic (exact) mass is 233 g/mol. The highest BCUT2D eigenvalue weighted by Crippen LogP contribution is 2.44. The van der Waals surface area contributed by atoms with Crippen LogP contribution in [0.2, 0.25) is 0 Å². The van der Waals surface area contributed by atoms with Crippen LogP contribution in [0.5, 0.6) is 0 Å². The first-order chi connectivity index (χ1) is 6.30. The highest BCUT2D eigenvalue weighted by molar-refractivity contribution is 7.80. The lowest BCUT2D eigenvalue weighted by atomic mass is 9.93. The van der Waals surface area contributed by atoms with Crippen LogP contribution in [0.25, 0.3) is 0 Å². The summed E-state index contributed by atoms with van der Waals surface area (Å²) in [6.07, 6.45) is 0. The Labute approximate surface area is 97.1 Å². The standard InChI is InChI=1S/C10H19NOS2/c1-9(2)7(5-13)8(6-14)10(3,4)11(9)12/h12-14H,5-6H2,1-4H3. The molecule has 4 heteroatoms. The maximum atomic E-state index is 10.1. The first-order valence-corrected chi connectivity index (χ1v) is 6.00. The first kappa shape index (κ1) is 12.4. The van der Waals surface area contributed by atoms with Gasteiger partial charge in [0.1, 0.15) is 0 Å². The molecule has 0 unspecified atom stereocenters. The van der Waals surface area contributed by atoms with Gasteiger partial charge in [0.2, 0.25) is 0 Å². The van der Waals surface area contributed by atoms with Crippen molar-refractivity contribution in [2.75, 3.05) is 11.5 Å². The third kappa shape index (κ3) is 1.52. The first-order valence-electron chi connectivity index (χ1n) is 4.74. The largest absolute Gasteiger partial charge is 0.312 e. The Bertz CT molecular complexity index is 245. The molecule has 1 N–H and O–H groups in total. The highest BCUT2D eigenvalue weighted by Gasteiger charge is 2.49. The van der Waals surface area contributed by atoms with E-state index in [0.717, 1.165) is 0 Å². The Kier molecular flexibility index (Phi) is 3.32. The molecule has 0 saturated heterocycles. The van der Waals surface area contributed by atoms with Crippen molar-refractivity contribution in [1.29, 1.82) is 0 Å². The quantitative estimate of drug-likeness (QED) is 0.504. The van der Waals surface area contributed by atoms with Crippen LogP contribution in [-0.2, 0) is 0 Å². The van der Waals surface area contributed by atoms with E-state index in [0.29, 0.717) is 11.5 Å². The van der Waals surface area contributed by atoms with Crippen LogP contribution in [0.3, 0.4) is 0 Å². The van der Waals surface area contributed by atoms with Crippen molar-refractivity contribution < 1.29 is 5.21 Å². The second-order valence-electron chi connectivity index (χ2n) is 4.70. The molecule has 0 saturated carbocycles. The number of thiol groups is 2. The zero-order valence-electron chi connectivity index (χ0n) is 9.20. The number of rotatable bonds is 2. The maximum absolute atomic E-state index is 10.1. The Balaban J connectivity index is 3.28. The number of hydrogen-bond donors (Lipinski definition) is 3. The van der Waals surface area contributed by atoms with E-state index < -0.39 is 0 Å². The van der Waals surface area contributed by atoms with E-state index in [1.165, 1.54) is 16.2 Å². The van der Waals surface area contributed by atoms with E-state index in [1.54, 1.807) is 0 Å². The average Bonchev–Trinajstić information content (AvgIpc) is 2.22. The summed E-state index contributed by atoms with van der Waals surface area (Å²) in [5, 5.41) is 11.5. The average molecular weight is 233 g/mol. The predicted molar refractivity (Wildman–Crippen MR) is 66.5 cm³/mol. The van der Waals surface area contributed by atoms with Crippen LogP contribution in [-0.4, -0.2) is 32.9 Å². The topological polar surface area (TPSA) is 23.5 Å². The highest BCUT2D eigenvalue weighted by atomic mass is 32.1. The molecule has 0 aliphatic carbocycles. The minimum absolute atomic E-state index is 0.330. The number of nitrogens with zero attached hydrogens (tertiary/aromatic N) is 1. The molecule has 0 aromatic heterocycles. The molecule has 1 aliphatic rings. The maximum Gasteiger partial charge on any atom is 0.0634 e. The van der Waals surface area contributed by atoms with E-state index in [2.05, 4.69) is 25.3 Å². The fourth-order valence-corrected chi connectivity index (χ4v) is 3.43. The summed E-state index contributed by atoms with van der Waals surface area (Å²) < 4.78 is 0. The summed E-state index contributed by atoms with van der Waals surface area (Å²) in [5.74, 6) is 1.34. The second kappa shape index (κ2) is 3.74. The number of hydrogen-bond acceptors (Lipinski definition) is 4. The molecule has 0 radical (unpaired) electrons. The van der Waals surface area contributed by atoms with Crippen molar-refractivity contribution in [3.63, 3.8) is 0 Å². The van der Waals surface area contributed by atoms with Gasteiger partial charge in [-0.05, 0) is 38.8 Å².